The number of rotatable bonds is 3. The summed E-state index contributed by atoms with van der Waals surface area (Å²) < 4.78 is 0. The van der Waals surface area contributed by atoms with Crippen LogP contribution >= 0.6 is 0 Å². The first-order valence-electron chi connectivity index (χ1n) is 3.43. The Labute approximate surface area is 62.3 Å². The molecular formula is C7H16N2O. The second kappa shape index (κ2) is 4.28. The minimum absolute atomic E-state index is 0.127. The van der Waals surface area contributed by atoms with Crippen LogP contribution in [0.15, 0.2) is 5.10 Å². The van der Waals surface area contributed by atoms with E-state index in [1.54, 1.807) is 18.1 Å². The molecule has 1 N–H and O–H groups in total. The topological polar surface area (TPSA) is 35.8 Å². The minimum atomic E-state index is -0.316. The summed E-state index contributed by atoms with van der Waals surface area (Å²) in [7, 11) is 3.70. The lowest BCUT2D eigenvalue weighted by atomic mass is 10.1. The van der Waals surface area contributed by atoms with E-state index >= 15 is 0 Å². The molecule has 2 unspecified atom stereocenters. The molecule has 0 amide bonds. The number of nitrogens with zero attached hydrogens (tertiary/aromatic N) is 2. The van der Waals surface area contributed by atoms with Gasteiger partial charge in [-0.05, 0) is 6.92 Å². The van der Waals surface area contributed by atoms with E-state index in [9.17, 15) is 0 Å². The summed E-state index contributed by atoms with van der Waals surface area (Å²) in [6.07, 6.45) is 1.42. The van der Waals surface area contributed by atoms with Crippen molar-refractivity contribution in [2.24, 2.45) is 11.0 Å². The van der Waals surface area contributed by atoms with E-state index in [4.69, 9.17) is 5.11 Å². The van der Waals surface area contributed by atoms with Crippen molar-refractivity contribution in [2.45, 2.75) is 20.0 Å². The highest BCUT2D eigenvalue weighted by atomic mass is 16.3. The van der Waals surface area contributed by atoms with E-state index in [0.717, 1.165) is 0 Å². The predicted octanol–water partition coefficient (Wildman–Crippen LogP) is 0.551. The van der Waals surface area contributed by atoms with Crippen molar-refractivity contribution in [1.29, 1.82) is 0 Å². The van der Waals surface area contributed by atoms with Gasteiger partial charge in [-0.2, -0.15) is 5.10 Å². The number of aliphatic hydroxyl groups excluding tert-OH is 1. The van der Waals surface area contributed by atoms with Crippen LogP contribution in [0.1, 0.15) is 13.8 Å². The first-order chi connectivity index (χ1) is 4.54. The number of aliphatic hydroxyl groups is 1. The fourth-order valence-electron chi connectivity index (χ4n) is 0.363. The summed E-state index contributed by atoms with van der Waals surface area (Å²) in [5, 5.41) is 14.7. The van der Waals surface area contributed by atoms with Gasteiger partial charge in [0.2, 0.25) is 0 Å². The Bertz CT molecular complexity index is 110. The Kier molecular flexibility index (Phi) is 4.03. The minimum Gasteiger partial charge on any atom is -0.393 e. The lowest BCUT2D eigenvalue weighted by Gasteiger charge is -2.09. The van der Waals surface area contributed by atoms with E-state index in [0.29, 0.717) is 0 Å². The maximum atomic E-state index is 9.02. The Balaban J connectivity index is 3.66. The molecule has 0 aliphatic rings. The first kappa shape index (κ1) is 9.43. The molecule has 2 atom stereocenters. The van der Waals surface area contributed by atoms with E-state index in [-0.39, 0.29) is 12.0 Å². The summed E-state index contributed by atoms with van der Waals surface area (Å²) in [5.74, 6) is 0.127. The van der Waals surface area contributed by atoms with Crippen molar-refractivity contribution in [3.05, 3.63) is 0 Å². The lowest BCUT2D eigenvalue weighted by Crippen LogP contribution is -2.15. The second-order valence-corrected chi connectivity index (χ2v) is 2.71. The van der Waals surface area contributed by atoms with Crippen molar-refractivity contribution in [1.82, 2.24) is 5.01 Å². The standard InChI is InChI=1S/C7H16N2O/c1-6(7(2)10)5-8-9(3)4/h5-7,10H,1-4H3/b8-5+. The van der Waals surface area contributed by atoms with E-state index < -0.39 is 0 Å². The molecule has 0 aliphatic heterocycles. The average Bonchev–Trinajstić information content (AvgIpc) is 1.82. The van der Waals surface area contributed by atoms with Crippen LogP contribution in [0, 0.1) is 5.92 Å². The van der Waals surface area contributed by atoms with Gasteiger partial charge in [-0.25, -0.2) is 0 Å². The Morgan fingerprint density at radius 1 is 1.40 bits per heavy atom. The monoisotopic (exact) mass is 144 g/mol. The molecule has 0 fully saturated rings. The van der Waals surface area contributed by atoms with Crippen molar-refractivity contribution in [3.8, 4) is 0 Å². The van der Waals surface area contributed by atoms with Crippen LogP contribution in [-0.4, -0.2) is 36.5 Å². The molecule has 0 radical (unpaired) electrons. The van der Waals surface area contributed by atoms with Crippen LogP contribution in [0.3, 0.4) is 0 Å². The number of hydrazone groups is 1. The molecule has 0 saturated carbocycles. The van der Waals surface area contributed by atoms with Gasteiger partial charge in [0.1, 0.15) is 0 Å². The smallest absolute Gasteiger partial charge is 0.0587 e. The molecule has 0 spiro atoms. The molecule has 3 nitrogen and oxygen atoms in total. The maximum absolute atomic E-state index is 9.02. The van der Waals surface area contributed by atoms with Crippen molar-refractivity contribution in [3.63, 3.8) is 0 Å². The Morgan fingerprint density at radius 2 is 1.90 bits per heavy atom. The van der Waals surface area contributed by atoms with Gasteiger partial charge in [-0.1, -0.05) is 6.92 Å². The molecule has 0 aliphatic carbocycles. The molecule has 0 aromatic rings. The highest BCUT2D eigenvalue weighted by Gasteiger charge is 2.03. The quantitative estimate of drug-likeness (QED) is 0.464. The molecule has 0 aromatic heterocycles. The van der Waals surface area contributed by atoms with E-state index in [1.165, 1.54) is 0 Å². The van der Waals surface area contributed by atoms with Gasteiger partial charge in [-0.15, -0.1) is 0 Å². The largest absolute Gasteiger partial charge is 0.393 e. The fraction of sp³-hybridized carbons (Fsp3) is 0.857. The molecular weight excluding hydrogens is 128 g/mol. The molecule has 0 bridgehead atoms. The van der Waals surface area contributed by atoms with Gasteiger partial charge in [0, 0.05) is 26.2 Å². The second-order valence-electron chi connectivity index (χ2n) is 2.71. The van der Waals surface area contributed by atoms with Gasteiger partial charge in [0.15, 0.2) is 0 Å². The predicted molar refractivity (Wildman–Crippen MR) is 43.0 cm³/mol. The van der Waals surface area contributed by atoms with E-state index in [2.05, 4.69) is 5.10 Å². The fourth-order valence-corrected chi connectivity index (χ4v) is 0.363. The van der Waals surface area contributed by atoms with Crippen LogP contribution in [-0.2, 0) is 0 Å². The third kappa shape index (κ3) is 4.32. The third-order valence-electron chi connectivity index (χ3n) is 1.29. The van der Waals surface area contributed by atoms with Gasteiger partial charge in [0.25, 0.3) is 0 Å². The van der Waals surface area contributed by atoms with Crippen LogP contribution in [0.25, 0.3) is 0 Å². The lowest BCUT2D eigenvalue weighted by molar-refractivity contribution is 0.166. The molecule has 10 heavy (non-hydrogen) atoms. The zero-order chi connectivity index (χ0) is 8.15. The number of hydrogen-bond donors (Lipinski definition) is 1. The average molecular weight is 144 g/mol. The van der Waals surface area contributed by atoms with Crippen molar-refractivity contribution >= 4 is 6.21 Å². The van der Waals surface area contributed by atoms with E-state index in [1.807, 2.05) is 21.0 Å². The molecule has 3 heteroatoms. The molecule has 0 saturated heterocycles. The zero-order valence-electron chi connectivity index (χ0n) is 7.07. The summed E-state index contributed by atoms with van der Waals surface area (Å²) in [6.45, 7) is 3.68. The summed E-state index contributed by atoms with van der Waals surface area (Å²) in [6, 6.07) is 0. The highest BCUT2D eigenvalue weighted by Crippen LogP contribution is 1.97. The summed E-state index contributed by atoms with van der Waals surface area (Å²) >= 11 is 0. The van der Waals surface area contributed by atoms with Gasteiger partial charge in [0.05, 0.1) is 6.10 Å². The molecule has 0 heterocycles. The number of hydrogen-bond acceptors (Lipinski definition) is 3. The van der Waals surface area contributed by atoms with Crippen molar-refractivity contribution < 1.29 is 5.11 Å². The SMILES string of the molecule is CC(O)C(C)/C=N/N(C)C. The summed E-state index contributed by atoms with van der Waals surface area (Å²) in [4.78, 5) is 0. The Morgan fingerprint density at radius 3 is 2.20 bits per heavy atom. The molecule has 0 rings (SSSR count). The highest BCUT2D eigenvalue weighted by molar-refractivity contribution is 5.60. The molecule has 0 aromatic carbocycles. The van der Waals surface area contributed by atoms with Crippen molar-refractivity contribution in [2.75, 3.05) is 14.1 Å². The first-order valence-corrected chi connectivity index (χ1v) is 3.43. The van der Waals surface area contributed by atoms with Gasteiger partial charge >= 0.3 is 0 Å². The third-order valence-corrected chi connectivity index (χ3v) is 1.29. The zero-order valence-corrected chi connectivity index (χ0v) is 7.07. The van der Waals surface area contributed by atoms with Gasteiger partial charge in [-0.3, -0.25) is 0 Å². The van der Waals surface area contributed by atoms with Crippen LogP contribution in [0.5, 0.6) is 0 Å². The Hall–Kier alpha value is -0.570. The normalized spacial score (nSPS) is 17.3. The van der Waals surface area contributed by atoms with Gasteiger partial charge < -0.3 is 10.1 Å². The van der Waals surface area contributed by atoms with Crippen LogP contribution < -0.4 is 0 Å². The molecule has 60 valence electrons. The maximum Gasteiger partial charge on any atom is 0.0587 e. The summed E-state index contributed by atoms with van der Waals surface area (Å²) in [5.41, 5.74) is 0. The van der Waals surface area contributed by atoms with Crippen LogP contribution in [0.4, 0.5) is 0 Å². The van der Waals surface area contributed by atoms with Crippen LogP contribution in [0.2, 0.25) is 0 Å².